The Morgan fingerprint density at radius 3 is 1.20 bits per heavy atom. The first kappa shape index (κ1) is 19.8. The van der Waals surface area contributed by atoms with Crippen molar-refractivity contribution >= 4 is 23.1 Å². The van der Waals surface area contributed by atoms with Crippen molar-refractivity contribution in [2.24, 2.45) is 0 Å². The van der Waals surface area contributed by atoms with Gasteiger partial charge in [0.25, 0.3) is 0 Å². The zero-order valence-corrected chi connectivity index (χ0v) is 3.96. The summed E-state index contributed by atoms with van der Waals surface area (Å²) in [7, 11) is 0. The number of rotatable bonds is 0. The molecule has 0 aliphatic heterocycles. The molecule has 0 saturated heterocycles. The van der Waals surface area contributed by atoms with Gasteiger partial charge in [0.2, 0.25) is 0 Å². The van der Waals surface area contributed by atoms with Crippen molar-refractivity contribution in [2.45, 2.75) is 0 Å². The Morgan fingerprint density at radius 1 is 1.20 bits per heavy atom. The standard InChI is InChI=1S/Mg.N3.H2O/c;1-3-2;/h;;1H2/q+2;-1;. The number of hydrogen-bond donors (Lipinski definition) is 0. The Balaban J connectivity index is -0.0000000200. The topological polar surface area (TPSA) is 90.2 Å². The molecule has 5 heavy (non-hydrogen) atoms. The van der Waals surface area contributed by atoms with Crippen molar-refractivity contribution in [1.82, 2.24) is 0 Å². The van der Waals surface area contributed by atoms with E-state index in [-0.39, 0.29) is 28.5 Å². The van der Waals surface area contributed by atoms with Crippen LogP contribution in [0.5, 0.6) is 0 Å². The fraction of sp³-hybridized carbons (Fsp3) is 0. The van der Waals surface area contributed by atoms with Crippen LogP contribution in [0.15, 0.2) is 0 Å². The monoisotopic (exact) mass is 84.0 g/mol. The van der Waals surface area contributed by atoms with E-state index in [2.05, 4.69) is 0 Å². The van der Waals surface area contributed by atoms with Crippen LogP contribution in [0.4, 0.5) is 0 Å². The molecule has 0 fully saturated rings. The van der Waals surface area contributed by atoms with Crippen molar-refractivity contribution in [3.8, 4) is 0 Å². The SMILES string of the molecule is O.[Mg+2].[N-]=[N+]=[N-]. The Hall–Kier alpha value is 0.0362. The average molecular weight is 84.3 g/mol. The fourth-order valence-corrected chi connectivity index (χ4v) is 0. The predicted octanol–water partition coefficient (Wildman–Crippen LogP) is -0.339. The molecule has 0 aromatic rings. The molecule has 2 N–H and O–H groups in total. The molecule has 0 aromatic carbocycles. The third-order valence-electron chi connectivity index (χ3n) is 0. The number of nitrogens with zero attached hydrogens (tertiary/aromatic N) is 3. The van der Waals surface area contributed by atoms with Gasteiger partial charge in [-0.15, -0.1) is 0 Å². The molecule has 0 aliphatic carbocycles. The van der Waals surface area contributed by atoms with E-state index in [4.69, 9.17) is 11.1 Å². The van der Waals surface area contributed by atoms with Gasteiger partial charge >= 0.3 is 23.1 Å². The third-order valence-corrected chi connectivity index (χ3v) is 0. The van der Waals surface area contributed by atoms with Crippen molar-refractivity contribution < 1.29 is 5.48 Å². The fourth-order valence-electron chi connectivity index (χ4n) is 0. The molecule has 0 radical (unpaired) electrons. The molecule has 0 rings (SSSR count). The zero-order chi connectivity index (χ0) is 2.71. The van der Waals surface area contributed by atoms with Crippen LogP contribution in [0.25, 0.3) is 16.0 Å². The summed E-state index contributed by atoms with van der Waals surface area (Å²) >= 11 is 0. The summed E-state index contributed by atoms with van der Waals surface area (Å²) in [6.07, 6.45) is 0. The summed E-state index contributed by atoms with van der Waals surface area (Å²) < 4.78 is 0. The van der Waals surface area contributed by atoms with Crippen LogP contribution in [0.3, 0.4) is 0 Å². The van der Waals surface area contributed by atoms with Crippen LogP contribution >= 0.6 is 0 Å². The van der Waals surface area contributed by atoms with Crippen LogP contribution in [0, 0.1) is 0 Å². The molecule has 0 bridgehead atoms. The van der Waals surface area contributed by atoms with Gasteiger partial charge in [-0.25, -0.2) is 0 Å². The average Bonchev–Trinajstić information content (AvgIpc) is 0.918. The van der Waals surface area contributed by atoms with Gasteiger partial charge in [-0.1, -0.05) is 0 Å². The summed E-state index contributed by atoms with van der Waals surface area (Å²) in [5, 5.41) is 0. The molecule has 0 amide bonds. The van der Waals surface area contributed by atoms with Gasteiger partial charge in [0.15, 0.2) is 0 Å². The minimum Gasteiger partial charge on any atom is -0.412 e. The zero-order valence-electron chi connectivity index (χ0n) is 2.55. The van der Waals surface area contributed by atoms with E-state index in [1.165, 1.54) is 4.91 Å². The second-order valence-corrected chi connectivity index (χ2v) is 0.0894. The molecule has 0 saturated carbocycles. The third kappa shape index (κ3) is 12700. The van der Waals surface area contributed by atoms with E-state index in [0.717, 1.165) is 0 Å². The van der Waals surface area contributed by atoms with Gasteiger partial charge in [0.1, 0.15) is 0 Å². The molecule has 4 nitrogen and oxygen atoms in total. The quantitative estimate of drug-likeness (QED) is 0.166. The number of hydrogen-bond acceptors (Lipinski definition) is 0. The predicted molar refractivity (Wildman–Crippen MR) is 19.4 cm³/mol. The Bertz CT molecular complexity index is 27.9. The van der Waals surface area contributed by atoms with Crippen molar-refractivity contribution in [3.05, 3.63) is 16.0 Å². The van der Waals surface area contributed by atoms with E-state index in [0.29, 0.717) is 0 Å². The molecule has 0 spiro atoms. The Labute approximate surface area is 45.0 Å². The van der Waals surface area contributed by atoms with Crippen molar-refractivity contribution in [3.63, 3.8) is 0 Å². The van der Waals surface area contributed by atoms with E-state index in [9.17, 15) is 0 Å². The second-order valence-electron chi connectivity index (χ2n) is 0.0894. The van der Waals surface area contributed by atoms with Gasteiger partial charge in [0.05, 0.1) is 0 Å². The van der Waals surface area contributed by atoms with Crippen LogP contribution < -0.4 is 0 Å². The first-order valence-electron chi connectivity index (χ1n) is 0.400. The minimum absolute atomic E-state index is 0. The Morgan fingerprint density at radius 2 is 1.20 bits per heavy atom. The molecule has 24 valence electrons. The normalized spacial score (nSPS) is 1.60. The van der Waals surface area contributed by atoms with E-state index >= 15 is 0 Å². The summed E-state index contributed by atoms with van der Waals surface area (Å²) in [6.45, 7) is 0. The van der Waals surface area contributed by atoms with Gasteiger partial charge in [0, 0.05) is 0 Å². The van der Waals surface area contributed by atoms with Crippen molar-refractivity contribution in [2.75, 3.05) is 0 Å². The summed E-state index contributed by atoms with van der Waals surface area (Å²) in [5.74, 6) is 0. The van der Waals surface area contributed by atoms with Gasteiger partial charge < -0.3 is 16.5 Å². The minimum atomic E-state index is 0. The smallest absolute Gasteiger partial charge is 0.412 e. The van der Waals surface area contributed by atoms with Crippen LogP contribution in [-0.2, 0) is 0 Å². The van der Waals surface area contributed by atoms with Gasteiger partial charge in [-0.3, -0.25) is 4.91 Å². The molecule has 0 unspecified atom stereocenters. The van der Waals surface area contributed by atoms with Gasteiger partial charge in [-0.05, 0) is 0 Å². The summed E-state index contributed by atoms with van der Waals surface area (Å²) in [6, 6.07) is 0. The van der Waals surface area contributed by atoms with Crippen LogP contribution in [0.1, 0.15) is 0 Å². The maximum Gasteiger partial charge on any atom is 2.00 e. The van der Waals surface area contributed by atoms with Crippen LogP contribution in [-0.4, -0.2) is 28.5 Å². The molecule has 0 aliphatic rings. The molecule has 0 aromatic heterocycles. The molecule has 5 heteroatoms. The Kier molecular flexibility index (Phi) is 137. The van der Waals surface area contributed by atoms with E-state index < -0.39 is 0 Å². The van der Waals surface area contributed by atoms with Crippen LogP contribution in [0.2, 0.25) is 0 Å². The molecular formula is H2MgN3O+. The molecular weight excluding hydrogens is 82.3 g/mol. The van der Waals surface area contributed by atoms with Gasteiger partial charge in [-0.2, -0.15) is 0 Å². The summed E-state index contributed by atoms with van der Waals surface area (Å²) in [4.78, 5) is 1.50. The molecule has 0 heterocycles. The van der Waals surface area contributed by atoms with E-state index in [1.54, 1.807) is 0 Å². The maximum absolute atomic E-state index is 6.75. The maximum atomic E-state index is 6.75. The molecule has 0 atom stereocenters. The second kappa shape index (κ2) is 34.7. The first-order valence-corrected chi connectivity index (χ1v) is 0.400. The van der Waals surface area contributed by atoms with E-state index in [1.807, 2.05) is 0 Å². The first-order chi connectivity index (χ1) is 1.41. The summed E-state index contributed by atoms with van der Waals surface area (Å²) in [5.41, 5.74) is 13.5. The van der Waals surface area contributed by atoms with Crippen molar-refractivity contribution in [1.29, 1.82) is 0 Å². The largest absolute Gasteiger partial charge is 2.00 e.